The molecule has 0 aliphatic heterocycles. The Morgan fingerprint density at radius 3 is 2.67 bits per heavy atom. The van der Waals surface area contributed by atoms with Crippen LogP contribution in [0, 0.1) is 0 Å². The molecule has 0 radical (unpaired) electrons. The summed E-state index contributed by atoms with van der Waals surface area (Å²) in [5, 5.41) is 0. The van der Waals surface area contributed by atoms with Gasteiger partial charge in [-0.15, -0.1) is 12.4 Å². The molecular weight excluding hydrogens is 174 g/mol. The molecule has 1 fully saturated rings. The van der Waals surface area contributed by atoms with E-state index in [0.29, 0.717) is 12.1 Å². The molecule has 0 amide bonds. The Labute approximate surface area is 81.3 Å². The lowest BCUT2D eigenvalue weighted by atomic mass is 10.3. The number of hydrogen-bond donors (Lipinski definition) is 1. The SMILES string of the molecule is CCCCO[C@H]1CC[C@@H](N)C1.Cl. The van der Waals surface area contributed by atoms with Gasteiger partial charge in [0, 0.05) is 12.6 Å². The van der Waals surface area contributed by atoms with Crippen molar-refractivity contribution >= 4 is 12.4 Å². The van der Waals surface area contributed by atoms with Gasteiger partial charge in [-0.3, -0.25) is 0 Å². The van der Waals surface area contributed by atoms with Crippen LogP contribution in [0.25, 0.3) is 0 Å². The molecule has 0 spiro atoms. The zero-order chi connectivity index (χ0) is 8.10. The molecule has 3 heteroatoms. The normalized spacial score (nSPS) is 28.5. The van der Waals surface area contributed by atoms with Crippen molar-refractivity contribution in [3.05, 3.63) is 0 Å². The quantitative estimate of drug-likeness (QED) is 0.695. The maximum atomic E-state index is 5.75. The summed E-state index contributed by atoms with van der Waals surface area (Å²) in [7, 11) is 0. The molecule has 0 aromatic rings. The van der Waals surface area contributed by atoms with E-state index in [1.165, 1.54) is 19.3 Å². The van der Waals surface area contributed by atoms with Crippen molar-refractivity contribution < 1.29 is 4.74 Å². The lowest BCUT2D eigenvalue weighted by Gasteiger charge is -2.10. The highest BCUT2D eigenvalue weighted by Crippen LogP contribution is 2.20. The zero-order valence-electron chi connectivity index (χ0n) is 7.79. The number of halogens is 1. The summed E-state index contributed by atoms with van der Waals surface area (Å²) in [6.07, 6.45) is 6.27. The third-order valence-corrected chi connectivity index (χ3v) is 2.28. The lowest BCUT2D eigenvalue weighted by molar-refractivity contribution is 0.0556. The summed E-state index contributed by atoms with van der Waals surface area (Å²) < 4.78 is 5.63. The van der Waals surface area contributed by atoms with Crippen molar-refractivity contribution in [2.24, 2.45) is 5.73 Å². The molecule has 0 heterocycles. The van der Waals surface area contributed by atoms with E-state index < -0.39 is 0 Å². The van der Waals surface area contributed by atoms with Crippen LogP contribution in [0.4, 0.5) is 0 Å². The van der Waals surface area contributed by atoms with E-state index in [-0.39, 0.29) is 12.4 Å². The van der Waals surface area contributed by atoms with Crippen LogP contribution < -0.4 is 5.73 Å². The van der Waals surface area contributed by atoms with Gasteiger partial charge in [0.25, 0.3) is 0 Å². The van der Waals surface area contributed by atoms with Crippen LogP contribution in [0.3, 0.4) is 0 Å². The molecule has 0 saturated heterocycles. The first-order valence-electron chi connectivity index (χ1n) is 4.70. The fraction of sp³-hybridized carbons (Fsp3) is 1.00. The first-order valence-corrected chi connectivity index (χ1v) is 4.70. The second kappa shape index (κ2) is 6.70. The largest absolute Gasteiger partial charge is 0.378 e. The molecule has 0 aromatic carbocycles. The zero-order valence-corrected chi connectivity index (χ0v) is 8.61. The summed E-state index contributed by atoms with van der Waals surface area (Å²) in [6, 6.07) is 0.404. The van der Waals surface area contributed by atoms with Gasteiger partial charge >= 0.3 is 0 Å². The highest BCUT2D eigenvalue weighted by molar-refractivity contribution is 5.85. The topological polar surface area (TPSA) is 35.2 Å². The van der Waals surface area contributed by atoms with E-state index in [0.717, 1.165) is 19.4 Å². The van der Waals surface area contributed by atoms with Gasteiger partial charge in [0.1, 0.15) is 0 Å². The van der Waals surface area contributed by atoms with Crippen molar-refractivity contribution in [2.75, 3.05) is 6.61 Å². The van der Waals surface area contributed by atoms with Crippen LogP contribution in [0.5, 0.6) is 0 Å². The monoisotopic (exact) mass is 193 g/mol. The standard InChI is InChI=1S/C9H19NO.ClH/c1-2-3-6-11-9-5-4-8(10)7-9;/h8-9H,2-7,10H2,1H3;1H/t8-,9+;/m1./s1. The summed E-state index contributed by atoms with van der Waals surface area (Å²) in [6.45, 7) is 3.11. The highest BCUT2D eigenvalue weighted by atomic mass is 35.5. The molecule has 0 aromatic heterocycles. The summed E-state index contributed by atoms with van der Waals surface area (Å²) in [5.41, 5.74) is 5.75. The van der Waals surface area contributed by atoms with E-state index in [1.54, 1.807) is 0 Å². The second-order valence-corrected chi connectivity index (χ2v) is 3.42. The van der Waals surface area contributed by atoms with Crippen LogP contribution >= 0.6 is 12.4 Å². The Balaban J connectivity index is 0.00000121. The predicted octanol–water partition coefficient (Wildman–Crippen LogP) is 2.10. The molecule has 12 heavy (non-hydrogen) atoms. The fourth-order valence-corrected chi connectivity index (χ4v) is 1.52. The van der Waals surface area contributed by atoms with Gasteiger partial charge < -0.3 is 10.5 Å². The van der Waals surface area contributed by atoms with Gasteiger partial charge in [0.05, 0.1) is 6.10 Å². The molecule has 1 rings (SSSR count). The van der Waals surface area contributed by atoms with Crippen LogP contribution in [0.2, 0.25) is 0 Å². The molecule has 2 nitrogen and oxygen atoms in total. The summed E-state index contributed by atoms with van der Waals surface area (Å²) in [4.78, 5) is 0. The first-order chi connectivity index (χ1) is 5.33. The summed E-state index contributed by atoms with van der Waals surface area (Å²) >= 11 is 0. The molecule has 2 N–H and O–H groups in total. The molecule has 1 aliphatic carbocycles. The van der Waals surface area contributed by atoms with Crippen LogP contribution in [0.15, 0.2) is 0 Å². The third kappa shape index (κ3) is 4.29. The molecule has 2 atom stereocenters. The maximum absolute atomic E-state index is 5.75. The molecule has 0 unspecified atom stereocenters. The maximum Gasteiger partial charge on any atom is 0.0590 e. The average molecular weight is 194 g/mol. The van der Waals surface area contributed by atoms with E-state index in [2.05, 4.69) is 6.92 Å². The van der Waals surface area contributed by atoms with Gasteiger partial charge in [0.2, 0.25) is 0 Å². The van der Waals surface area contributed by atoms with Gasteiger partial charge in [-0.2, -0.15) is 0 Å². The van der Waals surface area contributed by atoms with Crippen molar-refractivity contribution in [2.45, 2.75) is 51.2 Å². The first kappa shape index (κ1) is 12.2. The average Bonchev–Trinajstić information content (AvgIpc) is 2.37. The second-order valence-electron chi connectivity index (χ2n) is 3.42. The van der Waals surface area contributed by atoms with E-state index in [9.17, 15) is 0 Å². The van der Waals surface area contributed by atoms with E-state index >= 15 is 0 Å². The Morgan fingerprint density at radius 1 is 1.42 bits per heavy atom. The van der Waals surface area contributed by atoms with Gasteiger partial charge in [0.15, 0.2) is 0 Å². The molecule has 0 bridgehead atoms. The third-order valence-electron chi connectivity index (χ3n) is 2.28. The van der Waals surface area contributed by atoms with Crippen molar-refractivity contribution in [3.63, 3.8) is 0 Å². The molecular formula is C9H20ClNO. The highest BCUT2D eigenvalue weighted by Gasteiger charge is 2.21. The van der Waals surface area contributed by atoms with E-state index in [1.807, 2.05) is 0 Å². The Morgan fingerprint density at radius 2 is 2.17 bits per heavy atom. The number of nitrogens with two attached hydrogens (primary N) is 1. The van der Waals surface area contributed by atoms with Gasteiger partial charge in [-0.05, 0) is 25.7 Å². The minimum Gasteiger partial charge on any atom is -0.378 e. The van der Waals surface area contributed by atoms with Crippen molar-refractivity contribution in [1.82, 2.24) is 0 Å². The van der Waals surface area contributed by atoms with Crippen molar-refractivity contribution in [3.8, 4) is 0 Å². The molecule has 1 saturated carbocycles. The predicted molar refractivity (Wildman–Crippen MR) is 53.7 cm³/mol. The van der Waals surface area contributed by atoms with Gasteiger partial charge in [-0.25, -0.2) is 0 Å². The van der Waals surface area contributed by atoms with Crippen LogP contribution in [-0.4, -0.2) is 18.8 Å². The number of rotatable bonds is 4. The lowest BCUT2D eigenvalue weighted by Crippen LogP contribution is -2.17. The minimum atomic E-state index is 0. The number of ether oxygens (including phenoxy) is 1. The van der Waals surface area contributed by atoms with E-state index in [4.69, 9.17) is 10.5 Å². The minimum absolute atomic E-state index is 0. The molecule has 1 aliphatic rings. The Kier molecular flexibility index (Phi) is 6.81. The fourth-order valence-electron chi connectivity index (χ4n) is 1.52. The molecule has 74 valence electrons. The Bertz CT molecular complexity index is 111. The smallest absolute Gasteiger partial charge is 0.0590 e. The van der Waals surface area contributed by atoms with Crippen LogP contribution in [-0.2, 0) is 4.74 Å². The Hall–Kier alpha value is 0.210. The number of unbranched alkanes of at least 4 members (excludes halogenated alkanes) is 1. The van der Waals surface area contributed by atoms with Gasteiger partial charge in [-0.1, -0.05) is 13.3 Å². The number of hydrogen-bond acceptors (Lipinski definition) is 2. The summed E-state index contributed by atoms with van der Waals surface area (Å²) in [5.74, 6) is 0. The van der Waals surface area contributed by atoms with Crippen molar-refractivity contribution in [1.29, 1.82) is 0 Å². The van der Waals surface area contributed by atoms with Crippen LogP contribution in [0.1, 0.15) is 39.0 Å².